The van der Waals surface area contributed by atoms with E-state index in [4.69, 9.17) is 0 Å². The largest absolute Gasteiger partial charge is 0.335 e. The topological polar surface area (TPSA) is 65.1 Å². The molecule has 0 radical (unpaired) electrons. The summed E-state index contributed by atoms with van der Waals surface area (Å²) in [6, 6.07) is 14.8. The number of benzene rings is 2. The summed E-state index contributed by atoms with van der Waals surface area (Å²) in [5.41, 5.74) is 5.15. The van der Waals surface area contributed by atoms with Crippen molar-refractivity contribution < 1.29 is 4.79 Å². The zero-order valence-corrected chi connectivity index (χ0v) is 19.7. The van der Waals surface area contributed by atoms with Gasteiger partial charge in [-0.2, -0.15) is 15.4 Å². The standard InChI is InChI=1S/C27H35N5O/c1-20-6-2-3-7-22(20)14-17-31-15-12-21(13-16-31)19-32(24-8-4-5-9-24)27(33)23-10-11-25-26(18-23)29-30-28-25/h2-3,6-7,10-11,18,21,24H,4-5,8-9,12-17,19H2,1H3,(H,28,29,30). The molecule has 1 aliphatic carbocycles. The van der Waals surface area contributed by atoms with Gasteiger partial charge in [-0.05, 0) is 87.4 Å². The monoisotopic (exact) mass is 445 g/mol. The van der Waals surface area contributed by atoms with Gasteiger partial charge in [0.05, 0.1) is 0 Å². The van der Waals surface area contributed by atoms with Crippen LogP contribution in [0.1, 0.15) is 60.0 Å². The summed E-state index contributed by atoms with van der Waals surface area (Å²) in [6.07, 6.45) is 8.19. The van der Waals surface area contributed by atoms with Crippen molar-refractivity contribution >= 4 is 16.9 Å². The number of aryl methyl sites for hydroxylation is 1. The average molecular weight is 446 g/mol. The smallest absolute Gasteiger partial charge is 0.254 e. The van der Waals surface area contributed by atoms with Crippen molar-refractivity contribution in [1.82, 2.24) is 25.2 Å². The van der Waals surface area contributed by atoms with Crippen LogP contribution in [0.25, 0.3) is 11.0 Å². The summed E-state index contributed by atoms with van der Waals surface area (Å²) in [7, 11) is 0. The number of piperidine rings is 1. The van der Waals surface area contributed by atoms with Gasteiger partial charge in [0.25, 0.3) is 5.91 Å². The minimum Gasteiger partial charge on any atom is -0.335 e. The molecular weight excluding hydrogens is 410 g/mol. The maximum Gasteiger partial charge on any atom is 0.254 e. The van der Waals surface area contributed by atoms with Crippen molar-refractivity contribution in [2.24, 2.45) is 5.92 Å². The van der Waals surface area contributed by atoms with Crippen LogP contribution in [0.3, 0.4) is 0 Å². The van der Waals surface area contributed by atoms with E-state index in [1.807, 2.05) is 18.2 Å². The Morgan fingerprint density at radius 1 is 1.03 bits per heavy atom. The van der Waals surface area contributed by atoms with E-state index in [1.54, 1.807) is 0 Å². The first kappa shape index (κ1) is 22.1. The van der Waals surface area contributed by atoms with Gasteiger partial charge in [0.2, 0.25) is 0 Å². The second-order valence-electron chi connectivity index (χ2n) is 9.88. The van der Waals surface area contributed by atoms with Crippen LogP contribution in [0.5, 0.6) is 0 Å². The lowest BCUT2D eigenvalue weighted by molar-refractivity contribution is 0.0599. The third kappa shape index (κ3) is 5.11. The summed E-state index contributed by atoms with van der Waals surface area (Å²) >= 11 is 0. The summed E-state index contributed by atoms with van der Waals surface area (Å²) < 4.78 is 0. The van der Waals surface area contributed by atoms with Crippen LogP contribution in [0.4, 0.5) is 0 Å². The molecule has 2 fully saturated rings. The summed E-state index contributed by atoms with van der Waals surface area (Å²) in [6.45, 7) is 6.48. The highest BCUT2D eigenvalue weighted by Crippen LogP contribution is 2.28. The molecule has 2 aliphatic rings. The first-order valence-corrected chi connectivity index (χ1v) is 12.6. The van der Waals surface area contributed by atoms with Gasteiger partial charge < -0.3 is 9.80 Å². The molecule has 0 spiro atoms. The molecule has 1 aromatic heterocycles. The van der Waals surface area contributed by atoms with Gasteiger partial charge in [-0.3, -0.25) is 4.79 Å². The van der Waals surface area contributed by atoms with E-state index in [1.165, 1.54) is 36.8 Å². The second kappa shape index (κ2) is 10.0. The van der Waals surface area contributed by atoms with Gasteiger partial charge in [0.1, 0.15) is 11.0 Å². The summed E-state index contributed by atoms with van der Waals surface area (Å²) in [4.78, 5) is 18.4. The predicted molar refractivity (Wildman–Crippen MR) is 131 cm³/mol. The van der Waals surface area contributed by atoms with E-state index in [0.717, 1.165) is 62.0 Å². The van der Waals surface area contributed by atoms with E-state index in [-0.39, 0.29) is 5.91 Å². The Bertz CT molecular complexity index is 1080. The number of aromatic amines is 1. The molecule has 2 heterocycles. The average Bonchev–Trinajstić information content (AvgIpc) is 3.54. The van der Waals surface area contributed by atoms with Gasteiger partial charge in [-0.1, -0.05) is 37.1 Å². The number of aromatic nitrogens is 3. The van der Waals surface area contributed by atoms with Crippen molar-refractivity contribution in [3.05, 3.63) is 59.2 Å². The van der Waals surface area contributed by atoms with E-state index >= 15 is 0 Å². The Hall–Kier alpha value is -2.73. The normalized spacial score (nSPS) is 18.2. The zero-order valence-electron chi connectivity index (χ0n) is 19.7. The number of hydrogen-bond acceptors (Lipinski definition) is 4. The van der Waals surface area contributed by atoms with Crippen molar-refractivity contribution in [2.45, 2.75) is 57.9 Å². The van der Waals surface area contributed by atoms with Crippen LogP contribution in [-0.4, -0.2) is 63.3 Å². The number of rotatable bonds is 7. The Morgan fingerprint density at radius 2 is 1.79 bits per heavy atom. The molecule has 1 saturated carbocycles. The molecule has 33 heavy (non-hydrogen) atoms. The molecule has 0 atom stereocenters. The molecule has 6 nitrogen and oxygen atoms in total. The van der Waals surface area contributed by atoms with Crippen LogP contribution in [0, 0.1) is 12.8 Å². The van der Waals surface area contributed by atoms with Crippen molar-refractivity contribution in [3.63, 3.8) is 0 Å². The quantitative estimate of drug-likeness (QED) is 0.577. The lowest BCUT2D eigenvalue weighted by Crippen LogP contribution is -2.45. The first-order chi connectivity index (χ1) is 16.2. The predicted octanol–water partition coefficient (Wildman–Crippen LogP) is 4.61. The minimum atomic E-state index is 0.161. The number of H-pyrrole nitrogens is 1. The summed E-state index contributed by atoms with van der Waals surface area (Å²) in [5, 5.41) is 10.9. The second-order valence-corrected chi connectivity index (χ2v) is 9.88. The fourth-order valence-electron chi connectivity index (χ4n) is 5.59. The highest BCUT2D eigenvalue weighted by Gasteiger charge is 2.31. The van der Waals surface area contributed by atoms with Gasteiger partial charge in [0.15, 0.2) is 0 Å². The Balaban J connectivity index is 1.20. The van der Waals surface area contributed by atoms with Crippen molar-refractivity contribution in [1.29, 1.82) is 0 Å². The van der Waals surface area contributed by atoms with Gasteiger partial charge in [-0.25, -0.2) is 0 Å². The number of nitrogens with one attached hydrogen (secondary N) is 1. The molecule has 5 rings (SSSR count). The number of amides is 1. The maximum absolute atomic E-state index is 13.6. The molecule has 0 bridgehead atoms. The molecule has 174 valence electrons. The molecule has 2 aromatic carbocycles. The van der Waals surface area contributed by atoms with Gasteiger partial charge in [-0.15, -0.1) is 0 Å². The maximum atomic E-state index is 13.6. The number of carbonyl (C=O) groups is 1. The van der Waals surface area contributed by atoms with Crippen LogP contribution < -0.4 is 0 Å². The highest BCUT2D eigenvalue weighted by molar-refractivity contribution is 5.97. The van der Waals surface area contributed by atoms with E-state index in [9.17, 15) is 4.79 Å². The van der Waals surface area contributed by atoms with Crippen LogP contribution in [0.15, 0.2) is 42.5 Å². The van der Waals surface area contributed by atoms with Crippen molar-refractivity contribution in [3.8, 4) is 0 Å². The zero-order chi connectivity index (χ0) is 22.6. The number of likely N-dealkylation sites (tertiary alicyclic amines) is 1. The molecule has 1 N–H and O–H groups in total. The van der Waals surface area contributed by atoms with E-state index in [2.05, 4.69) is 56.4 Å². The number of hydrogen-bond donors (Lipinski definition) is 1. The summed E-state index contributed by atoms with van der Waals surface area (Å²) in [5.74, 6) is 0.744. The fourth-order valence-corrected chi connectivity index (χ4v) is 5.59. The Morgan fingerprint density at radius 3 is 2.58 bits per heavy atom. The van der Waals surface area contributed by atoms with Crippen molar-refractivity contribution in [2.75, 3.05) is 26.2 Å². The molecular formula is C27H35N5O. The third-order valence-corrected chi connectivity index (χ3v) is 7.71. The Kier molecular flexibility index (Phi) is 6.72. The minimum absolute atomic E-state index is 0.161. The number of fused-ring (bicyclic) bond motifs is 1. The van der Waals surface area contributed by atoms with Gasteiger partial charge in [0, 0.05) is 24.7 Å². The molecule has 3 aromatic rings. The number of carbonyl (C=O) groups excluding carboxylic acids is 1. The fraction of sp³-hybridized carbons (Fsp3) is 0.519. The Labute approximate surface area is 196 Å². The van der Waals surface area contributed by atoms with Crippen LogP contribution in [0.2, 0.25) is 0 Å². The third-order valence-electron chi connectivity index (χ3n) is 7.71. The molecule has 1 aliphatic heterocycles. The molecule has 0 unspecified atom stereocenters. The SMILES string of the molecule is Cc1ccccc1CCN1CCC(CN(C(=O)c2ccc3n[nH]nc3c2)C2CCCC2)CC1. The van der Waals surface area contributed by atoms with Crippen LogP contribution in [-0.2, 0) is 6.42 Å². The molecule has 1 amide bonds. The van der Waals surface area contributed by atoms with Crippen LogP contribution >= 0.6 is 0 Å². The molecule has 6 heteroatoms. The number of nitrogens with zero attached hydrogens (tertiary/aromatic N) is 4. The lowest BCUT2D eigenvalue weighted by Gasteiger charge is -2.37. The molecule has 1 saturated heterocycles. The van der Waals surface area contributed by atoms with E-state index < -0.39 is 0 Å². The van der Waals surface area contributed by atoms with Gasteiger partial charge >= 0.3 is 0 Å². The highest BCUT2D eigenvalue weighted by atomic mass is 16.2. The van der Waals surface area contributed by atoms with E-state index in [0.29, 0.717) is 12.0 Å². The first-order valence-electron chi connectivity index (χ1n) is 12.6. The lowest BCUT2D eigenvalue weighted by atomic mass is 9.94.